The predicted molar refractivity (Wildman–Crippen MR) is 111 cm³/mol. The quantitative estimate of drug-likeness (QED) is 0.704. The van der Waals surface area contributed by atoms with Crippen molar-refractivity contribution in [2.24, 2.45) is 14.1 Å². The van der Waals surface area contributed by atoms with Gasteiger partial charge in [0.05, 0.1) is 6.33 Å². The van der Waals surface area contributed by atoms with E-state index in [0.29, 0.717) is 29.4 Å². The van der Waals surface area contributed by atoms with Crippen LogP contribution in [0, 0.1) is 0 Å². The first-order valence-corrected chi connectivity index (χ1v) is 10.1. The van der Waals surface area contributed by atoms with E-state index in [9.17, 15) is 14.7 Å². The zero-order valence-electron chi connectivity index (χ0n) is 16.9. The zero-order chi connectivity index (χ0) is 20.5. The van der Waals surface area contributed by atoms with Gasteiger partial charge in [0.25, 0.3) is 5.56 Å². The summed E-state index contributed by atoms with van der Waals surface area (Å²) in [6.45, 7) is 3.27. The van der Waals surface area contributed by atoms with Crippen molar-refractivity contribution < 1.29 is 5.11 Å². The topological polar surface area (TPSA) is 85.3 Å². The van der Waals surface area contributed by atoms with E-state index in [1.54, 1.807) is 37.1 Å². The van der Waals surface area contributed by atoms with E-state index in [1.165, 1.54) is 14.7 Å². The second kappa shape index (κ2) is 7.87. The number of aromatic nitrogens is 4. The summed E-state index contributed by atoms with van der Waals surface area (Å²) in [5.74, 6) is 0.825. The number of benzene rings is 1. The molecule has 3 aromatic rings. The van der Waals surface area contributed by atoms with Crippen LogP contribution in [-0.2, 0) is 20.6 Å². The summed E-state index contributed by atoms with van der Waals surface area (Å²) in [4.78, 5) is 31.9. The summed E-state index contributed by atoms with van der Waals surface area (Å²) in [6.07, 6.45) is 4.47. The molecule has 8 nitrogen and oxygen atoms in total. The number of hydrogen-bond acceptors (Lipinski definition) is 5. The van der Waals surface area contributed by atoms with Gasteiger partial charge in [0.15, 0.2) is 11.2 Å². The number of likely N-dealkylation sites (tertiary alicyclic amines) is 1. The molecule has 1 saturated heterocycles. The zero-order valence-corrected chi connectivity index (χ0v) is 16.9. The summed E-state index contributed by atoms with van der Waals surface area (Å²) >= 11 is 0. The molecule has 0 unspecified atom stereocenters. The molecule has 3 heterocycles. The minimum Gasteiger partial charge on any atom is -0.508 e. The number of hydrogen-bond donors (Lipinski definition) is 1. The number of phenols is 1. The molecule has 0 saturated carbocycles. The maximum Gasteiger partial charge on any atom is 0.332 e. The van der Waals surface area contributed by atoms with E-state index in [2.05, 4.69) is 9.88 Å². The average Bonchev–Trinajstić information content (AvgIpc) is 3.12. The number of phenolic OH excluding ortho intramolecular Hbond substituents is 1. The molecule has 2 aromatic heterocycles. The normalized spacial score (nSPS) is 15.9. The Labute approximate surface area is 168 Å². The van der Waals surface area contributed by atoms with Gasteiger partial charge in [0, 0.05) is 20.6 Å². The molecule has 0 aliphatic carbocycles. The van der Waals surface area contributed by atoms with Gasteiger partial charge in [-0.3, -0.25) is 13.9 Å². The van der Waals surface area contributed by atoms with Crippen LogP contribution in [0.15, 0.2) is 40.2 Å². The van der Waals surface area contributed by atoms with Gasteiger partial charge in [-0.1, -0.05) is 12.1 Å². The number of imidazole rings is 1. The van der Waals surface area contributed by atoms with Crippen molar-refractivity contribution in [3.63, 3.8) is 0 Å². The largest absolute Gasteiger partial charge is 0.508 e. The molecule has 0 atom stereocenters. The molecule has 0 bridgehead atoms. The van der Waals surface area contributed by atoms with Crippen LogP contribution in [0.1, 0.15) is 30.7 Å². The minimum atomic E-state index is -0.313. The lowest BCUT2D eigenvalue weighted by molar-refractivity contribution is 0.206. The summed E-state index contributed by atoms with van der Waals surface area (Å²) in [7, 11) is 3.42. The molecule has 1 aliphatic heterocycles. The minimum absolute atomic E-state index is 0.269. The summed E-state index contributed by atoms with van der Waals surface area (Å²) < 4.78 is 4.44. The third-order valence-corrected chi connectivity index (χ3v) is 6.01. The fourth-order valence-corrected chi connectivity index (χ4v) is 4.28. The molecule has 29 heavy (non-hydrogen) atoms. The number of aryl methyl sites for hydroxylation is 2. The van der Waals surface area contributed by atoms with Crippen molar-refractivity contribution in [2.75, 3.05) is 19.6 Å². The lowest BCUT2D eigenvalue weighted by Crippen LogP contribution is -2.40. The van der Waals surface area contributed by atoms with Gasteiger partial charge in [-0.25, -0.2) is 9.78 Å². The molecule has 0 amide bonds. The first kappa shape index (κ1) is 19.4. The molecule has 0 spiro atoms. The van der Waals surface area contributed by atoms with E-state index in [0.717, 1.165) is 38.9 Å². The standard InChI is InChI=1S/C21H27N5O3/c1-23-14-22-19-18(23)20(28)26(21(29)24(19)2)11-3-10-25-12-8-16(9-13-25)15-4-6-17(27)7-5-15/h4-7,14,16,27H,3,8-13H2,1-2H3. The average molecular weight is 397 g/mol. The van der Waals surface area contributed by atoms with Crippen molar-refractivity contribution in [3.8, 4) is 5.75 Å². The number of aromatic hydroxyl groups is 1. The Morgan fingerprint density at radius 2 is 1.76 bits per heavy atom. The molecule has 8 heteroatoms. The fraction of sp³-hybridized carbons (Fsp3) is 0.476. The lowest BCUT2D eigenvalue weighted by atomic mass is 9.89. The molecule has 1 fully saturated rings. The third kappa shape index (κ3) is 3.72. The fourth-order valence-electron chi connectivity index (χ4n) is 4.28. The van der Waals surface area contributed by atoms with Crippen molar-refractivity contribution in [2.45, 2.75) is 31.7 Å². The highest BCUT2D eigenvalue weighted by molar-refractivity contribution is 5.69. The van der Waals surface area contributed by atoms with Crippen LogP contribution in [0.2, 0.25) is 0 Å². The molecule has 1 aromatic carbocycles. The molecule has 0 radical (unpaired) electrons. The number of piperidine rings is 1. The molecular formula is C21H27N5O3. The van der Waals surface area contributed by atoms with Crippen LogP contribution in [0.3, 0.4) is 0 Å². The third-order valence-electron chi connectivity index (χ3n) is 6.01. The Hall–Kier alpha value is -2.87. The first-order chi connectivity index (χ1) is 14.0. The number of nitrogens with zero attached hydrogens (tertiary/aromatic N) is 5. The Kier molecular flexibility index (Phi) is 5.27. The lowest BCUT2D eigenvalue weighted by Gasteiger charge is -2.32. The molecule has 1 N–H and O–H groups in total. The van der Waals surface area contributed by atoms with Crippen LogP contribution in [0.5, 0.6) is 5.75 Å². The van der Waals surface area contributed by atoms with E-state index < -0.39 is 0 Å². The van der Waals surface area contributed by atoms with E-state index in [1.807, 2.05) is 12.1 Å². The summed E-state index contributed by atoms with van der Waals surface area (Å²) in [6, 6.07) is 7.51. The number of fused-ring (bicyclic) bond motifs is 1. The van der Waals surface area contributed by atoms with Crippen LogP contribution < -0.4 is 11.2 Å². The Morgan fingerprint density at radius 3 is 2.45 bits per heavy atom. The van der Waals surface area contributed by atoms with Crippen LogP contribution in [0.4, 0.5) is 0 Å². The van der Waals surface area contributed by atoms with Crippen molar-refractivity contribution >= 4 is 11.2 Å². The van der Waals surface area contributed by atoms with Gasteiger partial charge in [-0.05, 0) is 62.5 Å². The second-order valence-electron chi connectivity index (χ2n) is 7.89. The van der Waals surface area contributed by atoms with Crippen LogP contribution >= 0.6 is 0 Å². The Morgan fingerprint density at radius 1 is 1.07 bits per heavy atom. The van der Waals surface area contributed by atoms with E-state index in [4.69, 9.17) is 0 Å². The monoisotopic (exact) mass is 397 g/mol. The van der Waals surface area contributed by atoms with Gasteiger partial charge in [-0.15, -0.1) is 0 Å². The van der Waals surface area contributed by atoms with Gasteiger partial charge in [0.2, 0.25) is 0 Å². The van der Waals surface area contributed by atoms with Crippen molar-refractivity contribution in [1.29, 1.82) is 0 Å². The van der Waals surface area contributed by atoms with Crippen LogP contribution in [-0.4, -0.2) is 48.3 Å². The van der Waals surface area contributed by atoms with Gasteiger partial charge in [0.1, 0.15) is 5.75 Å². The van der Waals surface area contributed by atoms with E-state index in [-0.39, 0.29) is 11.2 Å². The molecule has 154 valence electrons. The van der Waals surface area contributed by atoms with Gasteiger partial charge >= 0.3 is 5.69 Å². The molecule has 4 rings (SSSR count). The highest BCUT2D eigenvalue weighted by Gasteiger charge is 2.21. The number of rotatable bonds is 5. The Bertz CT molecular complexity index is 1120. The van der Waals surface area contributed by atoms with E-state index >= 15 is 0 Å². The summed E-state index contributed by atoms with van der Waals surface area (Å²) in [5.41, 5.74) is 1.58. The van der Waals surface area contributed by atoms with Gasteiger partial charge in [-0.2, -0.15) is 0 Å². The highest BCUT2D eigenvalue weighted by atomic mass is 16.3. The molecular weight excluding hydrogens is 370 g/mol. The van der Waals surface area contributed by atoms with Crippen molar-refractivity contribution in [1.82, 2.24) is 23.6 Å². The maximum atomic E-state index is 12.7. The SMILES string of the molecule is Cn1cnc2c1c(=O)n(CCCN1CCC(c3ccc(O)cc3)CC1)c(=O)n2C. The second-order valence-corrected chi connectivity index (χ2v) is 7.89. The smallest absolute Gasteiger partial charge is 0.332 e. The van der Waals surface area contributed by atoms with Crippen molar-refractivity contribution in [3.05, 3.63) is 57.0 Å². The van der Waals surface area contributed by atoms with Crippen LogP contribution in [0.25, 0.3) is 11.2 Å². The first-order valence-electron chi connectivity index (χ1n) is 10.1. The molecule has 1 aliphatic rings. The maximum absolute atomic E-state index is 12.7. The Balaban J connectivity index is 1.37. The summed E-state index contributed by atoms with van der Waals surface area (Å²) in [5, 5.41) is 9.44. The predicted octanol–water partition coefficient (Wildman–Crippen LogP) is 1.41. The highest BCUT2D eigenvalue weighted by Crippen LogP contribution is 2.29. The van der Waals surface area contributed by atoms with Gasteiger partial charge < -0.3 is 14.6 Å².